The number of ether oxygens (including phenoxy) is 1. The van der Waals surface area contributed by atoms with Gasteiger partial charge in [-0.25, -0.2) is 4.98 Å². The molecule has 0 bridgehead atoms. The van der Waals surface area contributed by atoms with Gasteiger partial charge < -0.3 is 10.1 Å². The molecule has 1 heterocycles. The molecule has 0 saturated heterocycles. The summed E-state index contributed by atoms with van der Waals surface area (Å²) in [7, 11) is 0. The molecule has 0 saturated carbocycles. The molecule has 0 atom stereocenters. The first kappa shape index (κ1) is 13.6. The van der Waals surface area contributed by atoms with Crippen molar-refractivity contribution in [1.82, 2.24) is 4.98 Å². The Morgan fingerprint density at radius 3 is 3.00 bits per heavy atom. The average Bonchev–Trinajstić information content (AvgIpc) is 2.72. The van der Waals surface area contributed by atoms with Crippen molar-refractivity contribution in [3.05, 3.63) is 23.2 Å². The highest BCUT2D eigenvalue weighted by atomic mass is 35.5. The predicted molar refractivity (Wildman–Crippen MR) is 78.8 cm³/mol. The minimum atomic E-state index is 0.575. The lowest BCUT2D eigenvalue weighted by atomic mass is 10.2. The second-order valence-electron chi connectivity index (χ2n) is 4.50. The molecular formula is C13H17ClN2OS. The van der Waals surface area contributed by atoms with Gasteiger partial charge in [0, 0.05) is 13.2 Å². The molecule has 0 fully saturated rings. The Hall–Kier alpha value is -0.840. The normalized spacial score (nSPS) is 11.3. The zero-order valence-electron chi connectivity index (χ0n) is 10.6. The maximum atomic E-state index is 6.11. The summed E-state index contributed by atoms with van der Waals surface area (Å²) in [4.78, 5) is 4.47. The van der Waals surface area contributed by atoms with Crippen LogP contribution in [0, 0.1) is 5.92 Å². The number of fused-ring (bicyclic) bond motifs is 1. The van der Waals surface area contributed by atoms with E-state index in [1.165, 1.54) is 0 Å². The SMILES string of the molecule is CC(C)COCCNc1nc2cccc(Cl)c2s1. The van der Waals surface area contributed by atoms with E-state index in [1.54, 1.807) is 11.3 Å². The summed E-state index contributed by atoms with van der Waals surface area (Å²) >= 11 is 7.69. The van der Waals surface area contributed by atoms with Gasteiger partial charge in [0.15, 0.2) is 5.13 Å². The molecule has 2 rings (SSSR count). The molecule has 0 radical (unpaired) electrons. The Morgan fingerprint density at radius 1 is 1.44 bits per heavy atom. The third-order valence-corrected chi connectivity index (χ3v) is 3.83. The van der Waals surface area contributed by atoms with E-state index in [9.17, 15) is 0 Å². The Morgan fingerprint density at radius 2 is 2.28 bits per heavy atom. The van der Waals surface area contributed by atoms with Crippen LogP contribution in [0.1, 0.15) is 13.8 Å². The summed E-state index contributed by atoms with van der Waals surface area (Å²) in [5.41, 5.74) is 0.943. The quantitative estimate of drug-likeness (QED) is 0.813. The molecule has 1 aromatic heterocycles. The van der Waals surface area contributed by atoms with Gasteiger partial charge in [0.25, 0.3) is 0 Å². The van der Waals surface area contributed by atoms with E-state index >= 15 is 0 Å². The zero-order valence-corrected chi connectivity index (χ0v) is 12.1. The summed E-state index contributed by atoms with van der Waals surface area (Å²) in [6, 6.07) is 5.77. The molecule has 0 aliphatic carbocycles. The monoisotopic (exact) mass is 284 g/mol. The van der Waals surface area contributed by atoms with Crippen molar-refractivity contribution >= 4 is 38.3 Å². The highest BCUT2D eigenvalue weighted by Crippen LogP contribution is 2.31. The Labute approximate surface area is 116 Å². The third-order valence-electron chi connectivity index (χ3n) is 2.34. The standard InChI is InChI=1S/C13H17ClN2OS/c1-9(2)8-17-7-6-15-13-16-11-5-3-4-10(14)12(11)18-13/h3-5,9H,6-8H2,1-2H3,(H,15,16). The molecule has 2 aromatic rings. The fraction of sp³-hybridized carbons (Fsp3) is 0.462. The van der Waals surface area contributed by atoms with Gasteiger partial charge in [0.1, 0.15) is 0 Å². The Bertz CT molecular complexity index is 513. The van der Waals surface area contributed by atoms with Crippen molar-refractivity contribution in [3.8, 4) is 0 Å². The number of nitrogens with one attached hydrogen (secondary N) is 1. The topological polar surface area (TPSA) is 34.1 Å². The molecule has 5 heteroatoms. The van der Waals surface area contributed by atoms with Crippen molar-refractivity contribution in [2.24, 2.45) is 5.92 Å². The van der Waals surface area contributed by atoms with Gasteiger partial charge in [-0.05, 0) is 18.1 Å². The number of hydrogen-bond donors (Lipinski definition) is 1. The van der Waals surface area contributed by atoms with Crippen LogP contribution in [0.25, 0.3) is 10.2 Å². The summed E-state index contributed by atoms with van der Waals surface area (Å²) in [5, 5.41) is 4.91. The molecule has 0 spiro atoms. The minimum Gasteiger partial charge on any atom is -0.379 e. The van der Waals surface area contributed by atoms with Gasteiger partial charge in [0.2, 0.25) is 0 Å². The first-order chi connectivity index (χ1) is 8.66. The van der Waals surface area contributed by atoms with Gasteiger partial charge in [0.05, 0.1) is 21.8 Å². The first-order valence-electron chi connectivity index (χ1n) is 6.03. The molecule has 1 aromatic carbocycles. The van der Waals surface area contributed by atoms with Crippen molar-refractivity contribution < 1.29 is 4.74 Å². The van der Waals surface area contributed by atoms with Gasteiger partial charge in [-0.1, -0.05) is 42.9 Å². The van der Waals surface area contributed by atoms with Crippen LogP contribution >= 0.6 is 22.9 Å². The largest absolute Gasteiger partial charge is 0.379 e. The fourth-order valence-corrected chi connectivity index (χ4v) is 2.72. The number of benzene rings is 1. The lowest BCUT2D eigenvalue weighted by Crippen LogP contribution is -2.11. The molecule has 0 amide bonds. The van der Waals surface area contributed by atoms with Crippen LogP contribution in [0.3, 0.4) is 0 Å². The smallest absolute Gasteiger partial charge is 0.183 e. The van der Waals surface area contributed by atoms with E-state index in [1.807, 2.05) is 18.2 Å². The number of aromatic nitrogens is 1. The van der Waals surface area contributed by atoms with Gasteiger partial charge in [-0.2, -0.15) is 0 Å². The summed E-state index contributed by atoms with van der Waals surface area (Å²) in [6.07, 6.45) is 0. The number of rotatable bonds is 6. The minimum absolute atomic E-state index is 0.575. The van der Waals surface area contributed by atoms with Gasteiger partial charge in [-0.15, -0.1) is 0 Å². The molecule has 1 N–H and O–H groups in total. The van der Waals surface area contributed by atoms with Crippen LogP contribution in [-0.4, -0.2) is 24.7 Å². The van der Waals surface area contributed by atoms with Crippen molar-refractivity contribution in [2.45, 2.75) is 13.8 Å². The Balaban J connectivity index is 1.87. The third kappa shape index (κ3) is 3.57. The molecule has 98 valence electrons. The number of halogens is 1. The van der Waals surface area contributed by atoms with Crippen LogP contribution in [-0.2, 0) is 4.74 Å². The highest BCUT2D eigenvalue weighted by molar-refractivity contribution is 7.22. The number of nitrogens with zero attached hydrogens (tertiary/aromatic N) is 1. The molecular weight excluding hydrogens is 268 g/mol. The summed E-state index contributed by atoms with van der Waals surface area (Å²) in [5.74, 6) is 0.575. The van der Waals surface area contributed by atoms with Crippen molar-refractivity contribution in [2.75, 3.05) is 25.1 Å². The van der Waals surface area contributed by atoms with Crippen LogP contribution in [0.5, 0.6) is 0 Å². The predicted octanol–water partition coefficient (Wildman–Crippen LogP) is 4.03. The van der Waals surface area contributed by atoms with Crippen LogP contribution in [0.2, 0.25) is 5.02 Å². The summed E-state index contributed by atoms with van der Waals surface area (Å²) in [6.45, 7) is 6.55. The van der Waals surface area contributed by atoms with E-state index < -0.39 is 0 Å². The molecule has 3 nitrogen and oxygen atoms in total. The van der Waals surface area contributed by atoms with Crippen molar-refractivity contribution in [1.29, 1.82) is 0 Å². The maximum absolute atomic E-state index is 6.11. The first-order valence-corrected chi connectivity index (χ1v) is 7.23. The van der Waals surface area contributed by atoms with Gasteiger partial charge in [-0.3, -0.25) is 0 Å². The van der Waals surface area contributed by atoms with E-state index in [-0.39, 0.29) is 0 Å². The van der Waals surface area contributed by atoms with Crippen LogP contribution in [0.15, 0.2) is 18.2 Å². The lowest BCUT2D eigenvalue weighted by molar-refractivity contribution is 0.118. The van der Waals surface area contributed by atoms with Crippen molar-refractivity contribution in [3.63, 3.8) is 0 Å². The zero-order chi connectivity index (χ0) is 13.0. The lowest BCUT2D eigenvalue weighted by Gasteiger charge is -2.06. The average molecular weight is 285 g/mol. The van der Waals surface area contributed by atoms with Crippen LogP contribution in [0.4, 0.5) is 5.13 Å². The number of anilines is 1. The number of thiazole rings is 1. The van der Waals surface area contributed by atoms with E-state index in [2.05, 4.69) is 24.1 Å². The highest BCUT2D eigenvalue weighted by Gasteiger charge is 2.05. The Kier molecular flexibility index (Phi) is 4.80. The fourth-order valence-electron chi connectivity index (χ4n) is 1.54. The van der Waals surface area contributed by atoms with E-state index in [0.717, 1.165) is 33.5 Å². The number of hydrogen-bond acceptors (Lipinski definition) is 4. The second-order valence-corrected chi connectivity index (χ2v) is 5.91. The molecule has 0 aliphatic rings. The molecule has 18 heavy (non-hydrogen) atoms. The molecule has 0 unspecified atom stereocenters. The van der Waals surface area contributed by atoms with Gasteiger partial charge >= 0.3 is 0 Å². The van der Waals surface area contributed by atoms with E-state index in [0.29, 0.717) is 12.5 Å². The maximum Gasteiger partial charge on any atom is 0.183 e. The molecule has 0 aliphatic heterocycles. The summed E-state index contributed by atoms with van der Waals surface area (Å²) < 4.78 is 6.54. The second kappa shape index (κ2) is 6.36. The van der Waals surface area contributed by atoms with Crippen LogP contribution < -0.4 is 5.32 Å². The van der Waals surface area contributed by atoms with E-state index in [4.69, 9.17) is 16.3 Å².